The smallest absolute Gasteiger partial charge is 0.311 e. The fraction of sp³-hybridized carbons (Fsp3) is 0.774. The summed E-state index contributed by atoms with van der Waals surface area (Å²) < 4.78 is 11.3. The van der Waals surface area contributed by atoms with Gasteiger partial charge in [-0.05, 0) is 201 Å². The second kappa shape index (κ2) is 16.2. The fourth-order valence-electron chi connectivity index (χ4n) is 20.0. The van der Waals surface area contributed by atoms with Gasteiger partial charge in [-0.15, -0.1) is 0 Å². The van der Waals surface area contributed by atoms with Crippen molar-refractivity contribution in [2.24, 2.45) is 100 Å². The predicted molar refractivity (Wildman–Crippen MR) is 286 cm³/mol. The summed E-state index contributed by atoms with van der Waals surface area (Å²) in [7, 11) is 2.98. The van der Waals surface area contributed by atoms with E-state index in [4.69, 9.17) is 9.47 Å². The Hall–Kier alpha value is -2.69. The van der Waals surface area contributed by atoms with E-state index >= 15 is 0 Å². The van der Waals surface area contributed by atoms with Gasteiger partial charge in [0.1, 0.15) is 0 Å². The second-order valence-electron chi connectivity index (χ2n) is 29.2. The van der Waals surface area contributed by atoms with Crippen molar-refractivity contribution in [1.82, 2.24) is 0 Å². The Morgan fingerprint density at radius 1 is 0.535 bits per heavy atom. The first-order valence-electron chi connectivity index (χ1n) is 27.4. The molecule has 10 aliphatic carbocycles. The number of fused-ring (bicyclic) bond motifs is 14. The first-order valence-corrected chi connectivity index (χ1v) is 28.5. The summed E-state index contributed by atoms with van der Waals surface area (Å²) in [5.41, 5.74) is -0.378. The van der Waals surface area contributed by atoms with Gasteiger partial charge in [-0.25, -0.2) is 0 Å². The van der Waals surface area contributed by atoms with Crippen molar-refractivity contribution >= 4 is 57.7 Å². The molecule has 0 amide bonds. The molecule has 0 bridgehead atoms. The van der Waals surface area contributed by atoms with Crippen LogP contribution in [0.4, 0.5) is 0 Å². The highest BCUT2D eigenvalue weighted by atomic mass is 127. The van der Waals surface area contributed by atoms with Crippen LogP contribution in [0.25, 0.3) is 0 Å². The maximum atomic E-state index is 14.3. The Labute approximate surface area is 440 Å². The number of methoxy groups -OCH3 is 2. The molecule has 9 heteroatoms. The Balaban J connectivity index is 0.000000176. The van der Waals surface area contributed by atoms with Crippen LogP contribution in [0.5, 0.6) is 0 Å². The van der Waals surface area contributed by atoms with Gasteiger partial charge in [0.15, 0.2) is 23.1 Å². The third-order valence-corrected chi connectivity index (χ3v) is 25.9. The molecule has 10 aliphatic rings. The number of esters is 2. The summed E-state index contributed by atoms with van der Waals surface area (Å²) in [5.74, 6) is 1.10. The van der Waals surface area contributed by atoms with Crippen molar-refractivity contribution in [2.75, 3.05) is 14.2 Å². The molecular weight excluding hydrogens is 1000 g/mol. The quantitative estimate of drug-likeness (QED) is 0.198. The number of ketones is 4. The van der Waals surface area contributed by atoms with Crippen molar-refractivity contribution < 1.29 is 38.2 Å². The number of Topliss-reactive ketones (excluding diaryl/α,β-unsaturated/α-hetero) is 1. The molecule has 390 valence electrons. The molecule has 71 heavy (non-hydrogen) atoms. The second-order valence-corrected chi connectivity index (χ2v) is 30.3. The molecule has 6 fully saturated rings. The lowest BCUT2D eigenvalue weighted by molar-refractivity contribution is -0.173. The summed E-state index contributed by atoms with van der Waals surface area (Å²) in [5, 5.41) is 0. The fourth-order valence-corrected chi connectivity index (χ4v) is 21.3. The monoisotopic (exact) mass is 1090 g/mol. The number of ether oxygens (including phenoxy) is 2. The van der Waals surface area contributed by atoms with Crippen LogP contribution in [0.2, 0.25) is 0 Å². The molecule has 0 aromatic carbocycles. The van der Waals surface area contributed by atoms with E-state index in [9.17, 15) is 28.8 Å². The Morgan fingerprint density at radius 2 is 0.930 bits per heavy atom. The number of halogens is 1. The molecule has 8 nitrogen and oxygen atoms in total. The van der Waals surface area contributed by atoms with E-state index in [1.165, 1.54) is 25.4 Å². The van der Waals surface area contributed by atoms with Crippen LogP contribution in [-0.4, -0.2) is 49.3 Å². The molecule has 0 spiro atoms. The highest BCUT2D eigenvalue weighted by molar-refractivity contribution is 14.1. The molecule has 0 aliphatic heterocycles. The van der Waals surface area contributed by atoms with Crippen LogP contribution in [0, 0.1) is 100 Å². The summed E-state index contributed by atoms with van der Waals surface area (Å²) >= 11 is 2.20. The molecule has 0 radical (unpaired) electrons. The van der Waals surface area contributed by atoms with Crippen LogP contribution in [0.15, 0.2) is 45.1 Å². The SMILES string of the molecule is COC(=O)[C@@]1(C)CCC2(C)CC[C@]3(C)C(=CC(=O)[C@@H]4C5(C)C=C(I)C(=O)C(C)(C)[C@@H]5CCC43C)C2C1.COC(=O)[C@@]1(C)CCC2(C)CC[C@]3(C)C(=CC(=O)[C@@H]4C5(C)C=CC(=O)C(C)(C)[C@@H]5CCC43C)C2C1. The van der Waals surface area contributed by atoms with Gasteiger partial charge in [-0.2, -0.15) is 0 Å². The van der Waals surface area contributed by atoms with Gasteiger partial charge in [0.25, 0.3) is 0 Å². The number of carbonyl (C=O) groups is 6. The summed E-state index contributed by atoms with van der Waals surface area (Å²) in [4.78, 5) is 80.2. The van der Waals surface area contributed by atoms with Crippen LogP contribution in [-0.2, 0) is 38.2 Å². The van der Waals surface area contributed by atoms with Crippen LogP contribution in [0.1, 0.15) is 187 Å². The number of hydrogen-bond donors (Lipinski definition) is 0. The van der Waals surface area contributed by atoms with Gasteiger partial charge >= 0.3 is 11.9 Å². The highest BCUT2D eigenvalue weighted by Gasteiger charge is 2.72. The molecule has 0 saturated heterocycles. The van der Waals surface area contributed by atoms with Crippen molar-refractivity contribution in [3.8, 4) is 0 Å². The third kappa shape index (κ3) is 6.88. The average molecular weight is 1090 g/mol. The highest BCUT2D eigenvalue weighted by Crippen LogP contribution is 2.77. The van der Waals surface area contributed by atoms with Crippen molar-refractivity contribution in [3.63, 3.8) is 0 Å². The van der Waals surface area contributed by atoms with E-state index in [-0.39, 0.29) is 114 Å². The maximum Gasteiger partial charge on any atom is 0.311 e. The van der Waals surface area contributed by atoms with Gasteiger partial charge in [-0.3, -0.25) is 28.8 Å². The first-order chi connectivity index (χ1) is 32.6. The standard InChI is InChI=1S/C31H43IO4.C31H44O4/c1-26(2)22-9-10-31(7)23(29(22,5)17-20(32)24(26)34)21(33)15-18-19-16-28(4,25(35)36-8)12-11-27(19,3)13-14-30(18,31)6;1-26(2)22-9-12-31(7)24(29(22,5)11-10-23(26)33)21(32)17-19-20-18-28(4,25(34)35-8)14-13-27(20,3)15-16-30(19,31)6/h15,17,19,22-23H,9-14,16H2,1-8H3;10-11,17,20,22,24H,9,12-16,18H2,1-8H3/t19?,22-,23+,27?,28-,29?,30+,31?;20?,22-,24+,27?,28-,29?,30+,31?/m00/s1. The van der Waals surface area contributed by atoms with Gasteiger partial charge in [0.2, 0.25) is 0 Å². The van der Waals surface area contributed by atoms with E-state index in [1.807, 2.05) is 12.2 Å². The number of allylic oxidation sites excluding steroid dienone is 8. The largest absolute Gasteiger partial charge is 0.469 e. The summed E-state index contributed by atoms with van der Waals surface area (Å²) in [6.07, 6.45) is 23.5. The van der Waals surface area contributed by atoms with Gasteiger partial charge in [-0.1, -0.05) is 106 Å². The minimum atomic E-state index is -0.505. The molecule has 10 rings (SSSR count). The van der Waals surface area contributed by atoms with E-state index in [2.05, 4.69) is 132 Å². The molecule has 0 heterocycles. The Bertz CT molecular complexity index is 2530. The van der Waals surface area contributed by atoms with E-state index in [0.29, 0.717) is 0 Å². The zero-order valence-electron chi connectivity index (χ0n) is 46.4. The normalized spacial score (nSPS) is 49.9. The van der Waals surface area contributed by atoms with Crippen LogP contribution >= 0.6 is 22.6 Å². The van der Waals surface area contributed by atoms with E-state index in [1.54, 1.807) is 6.08 Å². The topological polar surface area (TPSA) is 121 Å². The van der Waals surface area contributed by atoms with Crippen molar-refractivity contribution in [1.29, 1.82) is 0 Å². The minimum Gasteiger partial charge on any atom is -0.469 e. The van der Waals surface area contributed by atoms with Gasteiger partial charge < -0.3 is 9.47 Å². The van der Waals surface area contributed by atoms with Crippen molar-refractivity contribution in [2.45, 2.75) is 187 Å². The van der Waals surface area contributed by atoms with E-state index in [0.717, 1.165) is 93.5 Å². The molecule has 0 N–H and O–H groups in total. The number of rotatable bonds is 2. The Kier molecular flexibility index (Phi) is 12.1. The van der Waals surface area contributed by atoms with Gasteiger partial charge in [0.05, 0.1) is 28.6 Å². The van der Waals surface area contributed by atoms with Crippen molar-refractivity contribution in [3.05, 3.63) is 45.1 Å². The molecule has 16 atom stereocenters. The van der Waals surface area contributed by atoms with E-state index < -0.39 is 21.7 Å². The lowest BCUT2D eigenvalue weighted by Crippen LogP contribution is -2.65. The third-order valence-electron chi connectivity index (χ3n) is 25.1. The molecular formula is C62H87IO8. The molecule has 0 aromatic rings. The number of carbonyl (C=O) groups excluding carboxylic acids is 6. The first kappa shape index (κ1) is 53.1. The lowest BCUT2D eigenvalue weighted by atomic mass is 9.34. The van der Waals surface area contributed by atoms with Crippen LogP contribution in [0.3, 0.4) is 0 Å². The summed E-state index contributed by atoms with van der Waals surface area (Å²) in [6, 6.07) is 0. The average Bonchev–Trinajstić information content (AvgIpc) is 3.29. The maximum absolute atomic E-state index is 14.3. The molecule has 0 aromatic heterocycles. The Morgan fingerprint density at radius 3 is 1.35 bits per heavy atom. The minimum absolute atomic E-state index is 0.0997. The summed E-state index contributed by atoms with van der Waals surface area (Å²) in [6.45, 7) is 31.3. The number of hydrogen-bond acceptors (Lipinski definition) is 8. The predicted octanol–water partition coefficient (Wildman–Crippen LogP) is 13.7. The molecule has 6 saturated carbocycles. The zero-order valence-corrected chi connectivity index (χ0v) is 48.6. The van der Waals surface area contributed by atoms with Crippen LogP contribution < -0.4 is 0 Å². The zero-order chi connectivity index (χ0) is 52.5. The van der Waals surface area contributed by atoms with Gasteiger partial charge in [0, 0.05) is 33.5 Å². The molecule has 8 unspecified atom stereocenters. The lowest BCUT2D eigenvalue weighted by Gasteiger charge is -2.69.